The van der Waals surface area contributed by atoms with Crippen LogP contribution in [0.3, 0.4) is 0 Å². The summed E-state index contributed by atoms with van der Waals surface area (Å²) in [4.78, 5) is 0. The molecule has 0 heterocycles. The van der Waals surface area contributed by atoms with Crippen molar-refractivity contribution in [2.24, 2.45) is 0 Å². The van der Waals surface area contributed by atoms with Gasteiger partial charge in [0.15, 0.2) is 0 Å². The zero-order valence-corrected chi connectivity index (χ0v) is 13.0. The Labute approximate surface area is 119 Å². The predicted octanol–water partition coefficient (Wildman–Crippen LogP) is 2.94. The van der Waals surface area contributed by atoms with Crippen molar-refractivity contribution in [2.45, 2.75) is 57.4 Å². The van der Waals surface area contributed by atoms with Gasteiger partial charge in [-0.15, -0.1) is 0 Å². The number of hydrogen-bond donors (Lipinski definition) is 2. The summed E-state index contributed by atoms with van der Waals surface area (Å²) in [6.45, 7) is 7.86. The van der Waals surface area contributed by atoms with Crippen molar-refractivity contribution < 1.29 is 9.32 Å². The highest BCUT2D eigenvalue weighted by Crippen LogP contribution is 2.20. The molecule has 0 aliphatic heterocycles. The lowest BCUT2D eigenvalue weighted by atomic mass is 10.0. The van der Waals surface area contributed by atoms with Crippen molar-refractivity contribution >= 4 is 11.0 Å². The second-order valence-corrected chi connectivity index (χ2v) is 7.76. The molecule has 1 unspecified atom stereocenters. The molecule has 0 aromatic heterocycles. The van der Waals surface area contributed by atoms with E-state index in [9.17, 15) is 9.32 Å². The quantitative estimate of drug-likeness (QED) is 0.843. The van der Waals surface area contributed by atoms with Gasteiger partial charge in [-0.3, -0.25) is 0 Å². The number of hydrogen-bond acceptors (Lipinski definition) is 2. The van der Waals surface area contributed by atoms with E-state index in [2.05, 4.69) is 4.72 Å². The molecule has 0 fully saturated rings. The van der Waals surface area contributed by atoms with Gasteiger partial charge in [-0.2, -0.15) is 0 Å². The molecule has 2 N–H and O–H groups in total. The summed E-state index contributed by atoms with van der Waals surface area (Å²) in [6.07, 6.45) is 0.893. The standard InChI is InChI=1S/C15H25NO2S/c1-5-13(16-19(18)15(2,3)4)11-14(17)12-9-7-6-8-10-12/h6-10,13-14,16-17H,5,11H2,1-4H3/t13-,14-,19?/m0/s1. The van der Waals surface area contributed by atoms with Crippen molar-refractivity contribution in [3.63, 3.8) is 0 Å². The van der Waals surface area contributed by atoms with Crippen molar-refractivity contribution in [2.75, 3.05) is 0 Å². The van der Waals surface area contributed by atoms with Crippen LogP contribution in [-0.4, -0.2) is 20.1 Å². The molecule has 1 rings (SSSR count). The normalized spacial score (nSPS) is 16.9. The zero-order valence-electron chi connectivity index (χ0n) is 12.2. The van der Waals surface area contributed by atoms with Gasteiger partial charge in [0, 0.05) is 6.04 Å². The fraction of sp³-hybridized carbons (Fsp3) is 0.600. The van der Waals surface area contributed by atoms with Crippen LogP contribution in [0.4, 0.5) is 0 Å². The van der Waals surface area contributed by atoms with Gasteiger partial charge >= 0.3 is 0 Å². The van der Waals surface area contributed by atoms with E-state index >= 15 is 0 Å². The van der Waals surface area contributed by atoms with E-state index < -0.39 is 17.1 Å². The van der Waals surface area contributed by atoms with Gasteiger partial charge in [0.1, 0.15) is 0 Å². The fourth-order valence-corrected chi connectivity index (χ4v) is 2.63. The Morgan fingerprint density at radius 1 is 1.26 bits per heavy atom. The van der Waals surface area contributed by atoms with E-state index in [1.165, 1.54) is 0 Å². The molecule has 0 radical (unpaired) electrons. The fourth-order valence-electron chi connectivity index (χ4n) is 1.71. The average Bonchev–Trinajstić information content (AvgIpc) is 2.37. The summed E-state index contributed by atoms with van der Waals surface area (Å²) >= 11 is 0. The summed E-state index contributed by atoms with van der Waals surface area (Å²) < 4.78 is 14.9. The molecule has 1 aromatic carbocycles. The minimum atomic E-state index is -1.10. The average molecular weight is 283 g/mol. The Balaban J connectivity index is 2.60. The van der Waals surface area contributed by atoms with Gasteiger partial charge in [-0.05, 0) is 39.2 Å². The number of rotatable bonds is 6. The summed E-state index contributed by atoms with van der Waals surface area (Å²) in [5.41, 5.74) is 0.907. The van der Waals surface area contributed by atoms with Gasteiger partial charge in [0.2, 0.25) is 0 Å². The van der Waals surface area contributed by atoms with Crippen LogP contribution in [0.15, 0.2) is 30.3 Å². The number of benzene rings is 1. The topological polar surface area (TPSA) is 49.3 Å². The minimum absolute atomic E-state index is 0.0512. The highest BCUT2D eigenvalue weighted by molar-refractivity contribution is 7.84. The third-order valence-corrected chi connectivity index (χ3v) is 4.67. The Kier molecular flexibility index (Phi) is 6.17. The minimum Gasteiger partial charge on any atom is -0.388 e. The van der Waals surface area contributed by atoms with Gasteiger partial charge in [-0.25, -0.2) is 8.93 Å². The Bertz CT molecular complexity index is 400. The van der Waals surface area contributed by atoms with Crippen LogP contribution in [0.1, 0.15) is 52.2 Å². The van der Waals surface area contributed by atoms with E-state index in [1.807, 2.05) is 58.0 Å². The molecule has 3 nitrogen and oxygen atoms in total. The molecular formula is C15H25NO2S. The molecular weight excluding hydrogens is 258 g/mol. The molecule has 19 heavy (non-hydrogen) atoms. The van der Waals surface area contributed by atoms with Gasteiger partial charge in [0.05, 0.1) is 21.8 Å². The molecule has 0 amide bonds. The highest BCUT2D eigenvalue weighted by atomic mass is 32.2. The lowest BCUT2D eigenvalue weighted by Crippen LogP contribution is -2.40. The first-order valence-corrected chi connectivity index (χ1v) is 7.90. The molecule has 108 valence electrons. The number of aliphatic hydroxyl groups is 1. The lowest BCUT2D eigenvalue weighted by Gasteiger charge is -2.25. The first-order chi connectivity index (χ1) is 8.84. The maximum atomic E-state index is 12.1. The molecule has 3 atom stereocenters. The van der Waals surface area contributed by atoms with E-state index in [0.717, 1.165) is 12.0 Å². The van der Waals surface area contributed by atoms with Gasteiger partial charge in [-0.1, -0.05) is 37.3 Å². The van der Waals surface area contributed by atoms with E-state index in [-0.39, 0.29) is 10.8 Å². The molecule has 4 heteroatoms. The summed E-state index contributed by atoms with van der Waals surface area (Å²) in [6, 6.07) is 9.65. The van der Waals surface area contributed by atoms with Crippen LogP contribution in [0, 0.1) is 0 Å². The van der Waals surface area contributed by atoms with Crippen molar-refractivity contribution in [1.29, 1.82) is 0 Å². The summed E-state index contributed by atoms with van der Waals surface area (Å²) in [7, 11) is -1.10. The molecule has 0 aliphatic carbocycles. The predicted molar refractivity (Wildman–Crippen MR) is 81.1 cm³/mol. The number of nitrogens with one attached hydrogen (secondary N) is 1. The van der Waals surface area contributed by atoms with Gasteiger partial charge < -0.3 is 5.11 Å². The smallest absolute Gasteiger partial charge is 0.0972 e. The van der Waals surface area contributed by atoms with Crippen LogP contribution in [0.2, 0.25) is 0 Å². The Morgan fingerprint density at radius 3 is 2.32 bits per heavy atom. The van der Waals surface area contributed by atoms with E-state index in [4.69, 9.17) is 0 Å². The van der Waals surface area contributed by atoms with Crippen LogP contribution in [-0.2, 0) is 11.0 Å². The van der Waals surface area contributed by atoms with E-state index in [1.54, 1.807) is 0 Å². The zero-order chi connectivity index (χ0) is 14.5. The largest absolute Gasteiger partial charge is 0.388 e. The molecule has 0 saturated carbocycles. The molecule has 0 saturated heterocycles. The first kappa shape index (κ1) is 16.3. The summed E-state index contributed by atoms with van der Waals surface area (Å²) in [5.74, 6) is 0. The highest BCUT2D eigenvalue weighted by Gasteiger charge is 2.23. The third-order valence-electron chi connectivity index (χ3n) is 3.01. The third kappa shape index (κ3) is 5.43. The lowest BCUT2D eigenvalue weighted by molar-refractivity contribution is 0.154. The van der Waals surface area contributed by atoms with Crippen molar-refractivity contribution in [1.82, 2.24) is 4.72 Å². The molecule has 1 aromatic rings. The SMILES string of the molecule is CC[C@@H](C[C@H](O)c1ccccc1)NS(=O)C(C)(C)C. The summed E-state index contributed by atoms with van der Waals surface area (Å²) in [5, 5.41) is 10.2. The van der Waals surface area contributed by atoms with Crippen molar-refractivity contribution in [3.8, 4) is 0 Å². The van der Waals surface area contributed by atoms with Crippen LogP contribution >= 0.6 is 0 Å². The second kappa shape index (κ2) is 7.17. The monoisotopic (exact) mass is 283 g/mol. The second-order valence-electron chi connectivity index (χ2n) is 5.77. The maximum Gasteiger partial charge on any atom is 0.0972 e. The molecule has 0 bridgehead atoms. The molecule has 0 spiro atoms. The first-order valence-electron chi connectivity index (χ1n) is 6.75. The maximum absolute atomic E-state index is 12.1. The Morgan fingerprint density at radius 2 is 1.84 bits per heavy atom. The van der Waals surface area contributed by atoms with Crippen LogP contribution in [0.5, 0.6) is 0 Å². The van der Waals surface area contributed by atoms with Gasteiger partial charge in [0.25, 0.3) is 0 Å². The van der Waals surface area contributed by atoms with Crippen LogP contribution in [0.25, 0.3) is 0 Å². The number of aliphatic hydroxyl groups excluding tert-OH is 1. The van der Waals surface area contributed by atoms with E-state index in [0.29, 0.717) is 6.42 Å². The molecule has 0 aliphatic rings. The Hall–Kier alpha value is -0.710. The van der Waals surface area contributed by atoms with Crippen molar-refractivity contribution in [3.05, 3.63) is 35.9 Å². The van der Waals surface area contributed by atoms with Crippen LogP contribution < -0.4 is 4.72 Å².